The normalized spacial score (nSPS) is 11.3. The summed E-state index contributed by atoms with van der Waals surface area (Å²) >= 11 is 0. The lowest BCUT2D eigenvalue weighted by atomic mass is 10.1. The Morgan fingerprint density at radius 3 is 2.48 bits per heavy atom. The van der Waals surface area contributed by atoms with Gasteiger partial charge in [-0.1, -0.05) is 25.5 Å². The van der Waals surface area contributed by atoms with Crippen LogP contribution in [0.2, 0.25) is 0 Å². The van der Waals surface area contributed by atoms with Gasteiger partial charge >= 0.3 is 0 Å². The van der Waals surface area contributed by atoms with Crippen molar-refractivity contribution in [3.05, 3.63) is 59.2 Å². The van der Waals surface area contributed by atoms with Crippen molar-refractivity contribution in [2.75, 3.05) is 11.9 Å². The maximum atomic E-state index is 12.4. The van der Waals surface area contributed by atoms with Gasteiger partial charge in [-0.3, -0.25) is 4.79 Å². The molecule has 0 spiro atoms. The molecule has 0 atom stereocenters. The van der Waals surface area contributed by atoms with Crippen LogP contribution in [-0.2, 0) is 10.0 Å². The second kappa shape index (κ2) is 8.27. The second-order valence-electron chi connectivity index (χ2n) is 6.03. The number of hydrogen-bond acceptors (Lipinski definition) is 3. The van der Waals surface area contributed by atoms with Crippen LogP contribution < -0.4 is 10.0 Å². The van der Waals surface area contributed by atoms with Crippen molar-refractivity contribution in [1.82, 2.24) is 4.72 Å². The number of carbonyl (C=O) groups is 1. The summed E-state index contributed by atoms with van der Waals surface area (Å²) in [4.78, 5) is 12.5. The van der Waals surface area contributed by atoms with Crippen LogP contribution in [0.25, 0.3) is 0 Å². The minimum Gasteiger partial charge on any atom is -0.322 e. The molecule has 0 aliphatic heterocycles. The number of carbonyl (C=O) groups excluding carboxylic acids is 1. The van der Waals surface area contributed by atoms with Crippen molar-refractivity contribution < 1.29 is 13.2 Å². The van der Waals surface area contributed by atoms with Crippen molar-refractivity contribution in [3.63, 3.8) is 0 Å². The Morgan fingerprint density at radius 1 is 1.04 bits per heavy atom. The van der Waals surface area contributed by atoms with Gasteiger partial charge in [0.2, 0.25) is 10.0 Å². The molecule has 1 amide bonds. The number of sulfonamides is 1. The van der Waals surface area contributed by atoms with Crippen molar-refractivity contribution in [2.45, 2.75) is 38.5 Å². The molecule has 0 heterocycles. The van der Waals surface area contributed by atoms with Gasteiger partial charge in [-0.25, -0.2) is 13.1 Å². The van der Waals surface area contributed by atoms with Crippen LogP contribution in [0.15, 0.2) is 47.4 Å². The first-order chi connectivity index (χ1) is 11.8. The number of unbranched alkanes of at least 4 members (excludes halogenated alkanes) is 1. The fourth-order valence-corrected chi connectivity index (χ4v) is 3.41. The minimum atomic E-state index is -3.60. The van der Waals surface area contributed by atoms with Gasteiger partial charge in [-0.15, -0.1) is 0 Å². The van der Waals surface area contributed by atoms with Gasteiger partial charge in [0, 0.05) is 17.8 Å². The van der Waals surface area contributed by atoms with Gasteiger partial charge in [0.25, 0.3) is 5.91 Å². The van der Waals surface area contributed by atoms with E-state index >= 15 is 0 Å². The average molecular weight is 360 g/mol. The van der Waals surface area contributed by atoms with Gasteiger partial charge in [-0.2, -0.15) is 0 Å². The molecule has 0 aliphatic rings. The highest BCUT2D eigenvalue weighted by molar-refractivity contribution is 7.89. The quantitative estimate of drug-likeness (QED) is 0.740. The van der Waals surface area contributed by atoms with Crippen LogP contribution in [0.3, 0.4) is 0 Å². The van der Waals surface area contributed by atoms with Crippen molar-refractivity contribution in [1.29, 1.82) is 0 Å². The Labute approximate surface area is 149 Å². The largest absolute Gasteiger partial charge is 0.322 e. The summed E-state index contributed by atoms with van der Waals surface area (Å²) < 4.78 is 27.1. The molecule has 0 saturated carbocycles. The topological polar surface area (TPSA) is 75.3 Å². The van der Waals surface area contributed by atoms with Crippen LogP contribution in [0.1, 0.15) is 41.3 Å². The molecule has 5 nitrogen and oxygen atoms in total. The van der Waals surface area contributed by atoms with Crippen LogP contribution in [-0.4, -0.2) is 20.9 Å². The zero-order chi connectivity index (χ0) is 18.4. The number of nitrogens with one attached hydrogen (secondary N) is 2. The summed E-state index contributed by atoms with van der Waals surface area (Å²) in [5, 5.41) is 2.80. The van der Waals surface area contributed by atoms with E-state index in [9.17, 15) is 13.2 Å². The molecule has 0 aliphatic carbocycles. The Kier molecular flexibility index (Phi) is 6.33. The van der Waals surface area contributed by atoms with Gasteiger partial charge in [0.15, 0.2) is 0 Å². The third-order valence-electron chi connectivity index (χ3n) is 3.99. The molecule has 0 bridgehead atoms. The molecule has 0 radical (unpaired) electrons. The van der Waals surface area contributed by atoms with E-state index in [0.717, 1.165) is 24.0 Å². The third kappa shape index (κ3) is 5.14. The van der Waals surface area contributed by atoms with E-state index in [1.807, 2.05) is 39.0 Å². The first-order valence-corrected chi connectivity index (χ1v) is 9.80. The van der Waals surface area contributed by atoms with E-state index in [-0.39, 0.29) is 10.8 Å². The van der Waals surface area contributed by atoms with Crippen molar-refractivity contribution in [2.24, 2.45) is 0 Å². The molecular weight excluding hydrogens is 336 g/mol. The lowest BCUT2D eigenvalue weighted by Gasteiger charge is -2.10. The van der Waals surface area contributed by atoms with Crippen LogP contribution in [0, 0.1) is 13.8 Å². The lowest BCUT2D eigenvalue weighted by Crippen LogP contribution is -2.25. The highest BCUT2D eigenvalue weighted by Crippen LogP contribution is 2.17. The zero-order valence-electron chi connectivity index (χ0n) is 14.8. The lowest BCUT2D eigenvalue weighted by molar-refractivity contribution is 0.102. The number of rotatable bonds is 7. The van der Waals surface area contributed by atoms with E-state index in [0.29, 0.717) is 17.8 Å². The predicted molar refractivity (Wildman–Crippen MR) is 100 cm³/mol. The molecule has 0 unspecified atom stereocenters. The predicted octanol–water partition coefficient (Wildman–Crippen LogP) is 3.63. The average Bonchev–Trinajstić information content (AvgIpc) is 2.58. The monoisotopic (exact) mass is 360 g/mol. The Morgan fingerprint density at radius 2 is 1.80 bits per heavy atom. The number of aryl methyl sites for hydroxylation is 2. The first-order valence-electron chi connectivity index (χ1n) is 8.32. The van der Waals surface area contributed by atoms with Gasteiger partial charge in [0.1, 0.15) is 0 Å². The molecule has 25 heavy (non-hydrogen) atoms. The number of amides is 1. The molecule has 134 valence electrons. The fourth-order valence-electron chi connectivity index (χ4n) is 2.29. The van der Waals surface area contributed by atoms with Gasteiger partial charge < -0.3 is 5.32 Å². The number of hydrogen-bond donors (Lipinski definition) is 2. The van der Waals surface area contributed by atoms with Gasteiger partial charge in [-0.05, 0) is 61.7 Å². The summed E-state index contributed by atoms with van der Waals surface area (Å²) in [7, 11) is -3.60. The molecule has 2 aromatic carbocycles. The highest BCUT2D eigenvalue weighted by atomic mass is 32.2. The molecule has 0 saturated heterocycles. The highest BCUT2D eigenvalue weighted by Gasteiger charge is 2.16. The molecular formula is C19H24N2O3S. The van der Waals surface area contributed by atoms with Crippen molar-refractivity contribution >= 4 is 21.6 Å². The van der Waals surface area contributed by atoms with Gasteiger partial charge in [0.05, 0.1) is 4.90 Å². The maximum Gasteiger partial charge on any atom is 0.255 e. The maximum absolute atomic E-state index is 12.4. The van der Waals surface area contributed by atoms with Crippen molar-refractivity contribution in [3.8, 4) is 0 Å². The summed E-state index contributed by atoms with van der Waals surface area (Å²) in [6.45, 7) is 6.35. The molecule has 6 heteroatoms. The fraction of sp³-hybridized carbons (Fsp3) is 0.316. The summed E-state index contributed by atoms with van der Waals surface area (Å²) in [5.74, 6) is -0.339. The van der Waals surface area contributed by atoms with E-state index in [2.05, 4.69) is 10.0 Å². The smallest absolute Gasteiger partial charge is 0.255 e. The summed E-state index contributed by atoms with van der Waals surface area (Å²) in [6, 6.07) is 11.7. The summed E-state index contributed by atoms with van der Waals surface area (Å²) in [6.07, 6.45) is 1.67. The van der Waals surface area contributed by atoms with Crippen LogP contribution >= 0.6 is 0 Å². The zero-order valence-corrected chi connectivity index (χ0v) is 15.6. The minimum absolute atomic E-state index is 0.0938. The van der Waals surface area contributed by atoms with E-state index < -0.39 is 10.0 Å². The van der Waals surface area contributed by atoms with Crippen LogP contribution in [0.5, 0.6) is 0 Å². The number of benzene rings is 2. The standard InChI is InChI=1S/C19H24N2O3S/c1-4-5-11-20-25(23,24)18-8-6-7-16(13-18)19(22)21-17-10-9-14(2)15(3)12-17/h6-10,12-13,20H,4-5,11H2,1-3H3,(H,21,22). The SMILES string of the molecule is CCCCNS(=O)(=O)c1cccc(C(=O)Nc2ccc(C)c(C)c2)c1. The third-order valence-corrected chi connectivity index (χ3v) is 5.45. The van der Waals surface area contributed by atoms with E-state index in [1.54, 1.807) is 12.1 Å². The first kappa shape index (κ1) is 19.1. The van der Waals surface area contributed by atoms with E-state index in [1.165, 1.54) is 12.1 Å². The molecule has 2 N–H and O–H groups in total. The Balaban J connectivity index is 2.17. The Bertz CT molecular complexity index is 861. The number of anilines is 1. The molecule has 0 fully saturated rings. The molecule has 2 rings (SSSR count). The second-order valence-corrected chi connectivity index (χ2v) is 7.80. The van der Waals surface area contributed by atoms with Crippen LogP contribution in [0.4, 0.5) is 5.69 Å². The molecule has 2 aromatic rings. The van der Waals surface area contributed by atoms with E-state index in [4.69, 9.17) is 0 Å². The summed E-state index contributed by atoms with van der Waals surface area (Å²) in [5.41, 5.74) is 3.21. The Hall–Kier alpha value is -2.18. The molecule has 0 aromatic heterocycles.